The second kappa shape index (κ2) is 4.90. The summed E-state index contributed by atoms with van der Waals surface area (Å²) in [5.74, 6) is 0.567. The first kappa shape index (κ1) is 13.4. The van der Waals surface area contributed by atoms with Crippen molar-refractivity contribution in [3.05, 3.63) is 69.0 Å². The van der Waals surface area contributed by atoms with Crippen LogP contribution >= 0.6 is 23.2 Å². The fourth-order valence-electron chi connectivity index (χ4n) is 2.49. The van der Waals surface area contributed by atoms with Crippen molar-refractivity contribution in [2.24, 2.45) is 0 Å². The molecule has 108 valence electrons. The molecule has 0 bridgehead atoms. The number of benzene rings is 2. The number of hydrogen-bond acceptors (Lipinski definition) is 3. The van der Waals surface area contributed by atoms with Crippen molar-refractivity contribution in [2.45, 2.75) is 0 Å². The monoisotopic (exact) mass is 330 g/mol. The summed E-state index contributed by atoms with van der Waals surface area (Å²) >= 11 is 12.0. The molecule has 0 spiro atoms. The molecule has 0 saturated carbocycles. The molecule has 4 rings (SSSR count). The highest BCUT2D eigenvalue weighted by Gasteiger charge is 2.13. The van der Waals surface area contributed by atoms with E-state index in [0.717, 1.165) is 10.8 Å². The number of hydrogen-bond donors (Lipinski definition) is 0. The number of rotatable bonds is 1. The van der Waals surface area contributed by atoms with E-state index in [1.807, 2.05) is 12.1 Å². The van der Waals surface area contributed by atoms with Crippen molar-refractivity contribution >= 4 is 45.1 Å². The largest absolute Gasteiger partial charge is 0.456 e. The van der Waals surface area contributed by atoms with E-state index in [-0.39, 0.29) is 0 Å². The van der Waals surface area contributed by atoms with E-state index in [0.29, 0.717) is 32.5 Å². The van der Waals surface area contributed by atoms with Crippen LogP contribution < -0.4 is 5.63 Å². The molecule has 0 amide bonds. The maximum absolute atomic E-state index is 11.8. The summed E-state index contributed by atoms with van der Waals surface area (Å²) in [6.07, 6.45) is 0. The van der Waals surface area contributed by atoms with Crippen LogP contribution in [0.2, 0.25) is 10.0 Å². The van der Waals surface area contributed by atoms with Crippen molar-refractivity contribution in [3.8, 4) is 11.3 Å². The van der Waals surface area contributed by atoms with Gasteiger partial charge in [0.15, 0.2) is 0 Å². The van der Waals surface area contributed by atoms with Gasteiger partial charge in [0.2, 0.25) is 0 Å². The lowest BCUT2D eigenvalue weighted by atomic mass is 10.1. The molecule has 4 aromatic rings. The van der Waals surface area contributed by atoms with E-state index in [4.69, 9.17) is 32.0 Å². The van der Waals surface area contributed by atoms with Crippen LogP contribution in [0.5, 0.6) is 0 Å². The summed E-state index contributed by atoms with van der Waals surface area (Å²) in [5.41, 5.74) is 1.36. The third-order valence-corrected chi connectivity index (χ3v) is 3.92. The quantitative estimate of drug-likeness (QED) is 0.432. The summed E-state index contributed by atoms with van der Waals surface area (Å²) < 4.78 is 11.0. The van der Waals surface area contributed by atoms with Crippen LogP contribution in [-0.4, -0.2) is 0 Å². The number of halogens is 2. The molecule has 2 aromatic carbocycles. The van der Waals surface area contributed by atoms with Gasteiger partial charge in [0.05, 0.1) is 0 Å². The Morgan fingerprint density at radius 1 is 0.773 bits per heavy atom. The molecule has 0 N–H and O–H groups in total. The molecule has 5 heteroatoms. The van der Waals surface area contributed by atoms with E-state index < -0.39 is 5.63 Å². The van der Waals surface area contributed by atoms with Gasteiger partial charge in [-0.25, -0.2) is 4.79 Å². The van der Waals surface area contributed by atoms with Crippen molar-refractivity contribution in [1.82, 2.24) is 0 Å². The third kappa shape index (κ3) is 2.19. The predicted molar refractivity (Wildman–Crippen MR) is 87.7 cm³/mol. The Labute approximate surface area is 134 Å². The second-order valence-corrected chi connectivity index (χ2v) is 5.79. The molecule has 0 aliphatic heterocycles. The van der Waals surface area contributed by atoms with E-state index in [2.05, 4.69) is 0 Å². The Kier molecular flexibility index (Phi) is 2.99. The molecule has 0 atom stereocenters. The molecule has 0 radical (unpaired) electrons. The Hall–Kier alpha value is -2.23. The van der Waals surface area contributed by atoms with Crippen LogP contribution in [0.15, 0.2) is 62.2 Å². The Morgan fingerprint density at radius 2 is 1.50 bits per heavy atom. The SMILES string of the molecule is O=c1cc(-c2cc3cc(Cl)ccc3o2)c2cc(Cl)ccc2o1. The van der Waals surface area contributed by atoms with Gasteiger partial charge in [0.1, 0.15) is 16.9 Å². The van der Waals surface area contributed by atoms with Gasteiger partial charge in [-0.2, -0.15) is 0 Å². The normalized spacial score (nSPS) is 11.4. The van der Waals surface area contributed by atoms with E-state index in [9.17, 15) is 4.79 Å². The highest BCUT2D eigenvalue weighted by atomic mass is 35.5. The smallest absolute Gasteiger partial charge is 0.336 e. The lowest BCUT2D eigenvalue weighted by molar-refractivity contribution is 0.559. The van der Waals surface area contributed by atoms with Crippen LogP contribution in [0, 0.1) is 0 Å². The van der Waals surface area contributed by atoms with E-state index >= 15 is 0 Å². The molecule has 3 nitrogen and oxygen atoms in total. The zero-order valence-electron chi connectivity index (χ0n) is 11.1. The van der Waals surface area contributed by atoms with Crippen LogP contribution in [-0.2, 0) is 0 Å². The molecular formula is C17H8Cl2O3. The average molecular weight is 331 g/mol. The number of fused-ring (bicyclic) bond motifs is 2. The first-order chi connectivity index (χ1) is 10.6. The zero-order valence-corrected chi connectivity index (χ0v) is 12.6. The summed E-state index contributed by atoms with van der Waals surface area (Å²) in [6.45, 7) is 0. The van der Waals surface area contributed by atoms with Crippen LogP contribution in [0.25, 0.3) is 33.3 Å². The molecule has 0 aliphatic rings. The molecule has 22 heavy (non-hydrogen) atoms. The topological polar surface area (TPSA) is 43.4 Å². The lowest BCUT2D eigenvalue weighted by Crippen LogP contribution is -1.97. The van der Waals surface area contributed by atoms with Gasteiger partial charge in [0, 0.05) is 32.4 Å². The van der Waals surface area contributed by atoms with Crippen molar-refractivity contribution in [3.63, 3.8) is 0 Å². The first-order valence-electron chi connectivity index (χ1n) is 6.53. The summed E-state index contributed by atoms with van der Waals surface area (Å²) in [4.78, 5) is 11.8. The Morgan fingerprint density at radius 3 is 2.32 bits per heavy atom. The highest BCUT2D eigenvalue weighted by Crippen LogP contribution is 2.33. The minimum Gasteiger partial charge on any atom is -0.456 e. The summed E-state index contributed by atoms with van der Waals surface area (Å²) in [5, 5.41) is 2.77. The maximum Gasteiger partial charge on any atom is 0.336 e. The van der Waals surface area contributed by atoms with Crippen molar-refractivity contribution < 1.29 is 8.83 Å². The number of furan rings is 1. The summed E-state index contributed by atoms with van der Waals surface area (Å²) in [7, 11) is 0. The van der Waals surface area contributed by atoms with Gasteiger partial charge in [-0.3, -0.25) is 0 Å². The molecule has 0 fully saturated rings. The maximum atomic E-state index is 11.8. The minimum absolute atomic E-state index is 0.441. The van der Waals surface area contributed by atoms with Crippen LogP contribution in [0.1, 0.15) is 0 Å². The minimum atomic E-state index is -0.441. The van der Waals surface area contributed by atoms with E-state index in [1.165, 1.54) is 6.07 Å². The summed E-state index contributed by atoms with van der Waals surface area (Å²) in [6, 6.07) is 13.7. The van der Waals surface area contributed by atoms with Gasteiger partial charge < -0.3 is 8.83 Å². The molecule has 0 saturated heterocycles. The Balaban J connectivity index is 2.06. The molecule has 2 aromatic heterocycles. The van der Waals surface area contributed by atoms with Crippen molar-refractivity contribution in [1.29, 1.82) is 0 Å². The standard InChI is InChI=1S/C17H8Cl2O3/c18-10-1-3-14-9(5-10)6-16(21-14)13-8-17(20)22-15-4-2-11(19)7-12(13)15/h1-8H. The fourth-order valence-corrected chi connectivity index (χ4v) is 2.84. The molecule has 2 heterocycles. The third-order valence-electron chi connectivity index (χ3n) is 3.45. The lowest BCUT2D eigenvalue weighted by Gasteiger charge is -2.02. The van der Waals surface area contributed by atoms with E-state index in [1.54, 1.807) is 30.3 Å². The molecule has 0 aliphatic carbocycles. The second-order valence-electron chi connectivity index (χ2n) is 4.91. The van der Waals surface area contributed by atoms with Gasteiger partial charge >= 0.3 is 5.63 Å². The van der Waals surface area contributed by atoms with Gasteiger partial charge in [0.25, 0.3) is 0 Å². The first-order valence-corrected chi connectivity index (χ1v) is 7.29. The van der Waals surface area contributed by atoms with Crippen LogP contribution in [0.3, 0.4) is 0 Å². The van der Waals surface area contributed by atoms with Gasteiger partial charge in [-0.1, -0.05) is 23.2 Å². The van der Waals surface area contributed by atoms with Crippen molar-refractivity contribution in [2.75, 3.05) is 0 Å². The average Bonchev–Trinajstić information content (AvgIpc) is 2.89. The predicted octanol–water partition coefficient (Wildman–Crippen LogP) is 5.51. The van der Waals surface area contributed by atoms with Crippen LogP contribution in [0.4, 0.5) is 0 Å². The zero-order chi connectivity index (χ0) is 15.3. The highest BCUT2D eigenvalue weighted by molar-refractivity contribution is 6.31. The molecular weight excluding hydrogens is 323 g/mol. The van der Waals surface area contributed by atoms with Gasteiger partial charge in [-0.05, 0) is 42.5 Å². The fraction of sp³-hybridized carbons (Fsp3) is 0. The molecule has 0 unspecified atom stereocenters. The Bertz CT molecular complexity index is 1080. The van der Waals surface area contributed by atoms with Gasteiger partial charge in [-0.15, -0.1) is 0 Å².